The molecule has 0 aliphatic carbocycles. The third-order valence-corrected chi connectivity index (χ3v) is 1.40. The zero-order valence-electron chi connectivity index (χ0n) is 7.56. The second-order valence-electron chi connectivity index (χ2n) is 2.42. The molecule has 0 heterocycles. The minimum absolute atomic E-state index is 0.0749. The highest BCUT2D eigenvalue weighted by molar-refractivity contribution is 6.17. The fourth-order valence-electron chi connectivity index (χ4n) is 0.626. The van der Waals surface area contributed by atoms with Gasteiger partial charge in [-0.3, -0.25) is 10.2 Å². The van der Waals surface area contributed by atoms with E-state index in [9.17, 15) is 4.79 Å². The van der Waals surface area contributed by atoms with Crippen LogP contribution in [-0.4, -0.2) is 24.2 Å². The van der Waals surface area contributed by atoms with Crippen LogP contribution in [0.5, 0.6) is 0 Å². The number of alkyl halides is 1. The maximum absolute atomic E-state index is 10.5. The molecule has 0 saturated heterocycles. The predicted molar refractivity (Wildman–Crippen MR) is 54.0 cm³/mol. The van der Waals surface area contributed by atoms with Crippen LogP contribution in [0.1, 0.15) is 13.3 Å². The minimum atomic E-state index is -0.240. The van der Waals surface area contributed by atoms with Crippen molar-refractivity contribution in [3.63, 3.8) is 0 Å². The Morgan fingerprint density at radius 2 is 2.31 bits per heavy atom. The largest absolute Gasteiger partial charge is 0.391 e. The van der Waals surface area contributed by atoms with Crippen molar-refractivity contribution in [2.24, 2.45) is 0 Å². The molecule has 4 nitrogen and oxygen atoms in total. The first-order valence-electron chi connectivity index (χ1n) is 3.99. The van der Waals surface area contributed by atoms with Gasteiger partial charge in [-0.2, -0.15) is 0 Å². The molecule has 0 atom stereocenters. The first-order valence-corrected chi connectivity index (χ1v) is 4.52. The SMILES string of the molecule is CC(=O)NC(=N)/C=C\NCCCCl. The van der Waals surface area contributed by atoms with Crippen LogP contribution in [-0.2, 0) is 4.79 Å². The second-order valence-corrected chi connectivity index (χ2v) is 2.80. The Balaban J connectivity index is 3.48. The van der Waals surface area contributed by atoms with Crippen LogP contribution in [0.3, 0.4) is 0 Å². The lowest BCUT2D eigenvalue weighted by Crippen LogP contribution is -2.25. The number of carbonyl (C=O) groups excluding carboxylic acids is 1. The van der Waals surface area contributed by atoms with Gasteiger partial charge in [-0.05, 0) is 12.5 Å². The van der Waals surface area contributed by atoms with E-state index in [0.717, 1.165) is 13.0 Å². The van der Waals surface area contributed by atoms with E-state index in [-0.39, 0.29) is 11.7 Å². The third-order valence-electron chi connectivity index (χ3n) is 1.13. The zero-order chi connectivity index (χ0) is 10.1. The Bertz CT molecular complexity index is 204. The molecule has 0 aromatic carbocycles. The van der Waals surface area contributed by atoms with E-state index < -0.39 is 0 Å². The van der Waals surface area contributed by atoms with Crippen LogP contribution in [0, 0.1) is 5.41 Å². The summed E-state index contributed by atoms with van der Waals surface area (Å²) in [5.41, 5.74) is 0. The molecule has 0 bridgehead atoms. The van der Waals surface area contributed by atoms with Crippen molar-refractivity contribution in [3.05, 3.63) is 12.3 Å². The summed E-state index contributed by atoms with van der Waals surface area (Å²) in [5, 5.41) is 12.5. The highest BCUT2D eigenvalue weighted by Crippen LogP contribution is 1.80. The van der Waals surface area contributed by atoms with E-state index in [1.807, 2.05) is 0 Å². The molecule has 74 valence electrons. The van der Waals surface area contributed by atoms with Gasteiger partial charge in [0.15, 0.2) is 0 Å². The van der Waals surface area contributed by atoms with Crippen molar-refractivity contribution in [1.82, 2.24) is 10.6 Å². The third kappa shape index (κ3) is 8.88. The average molecular weight is 204 g/mol. The van der Waals surface area contributed by atoms with Crippen molar-refractivity contribution >= 4 is 23.3 Å². The molecule has 0 aliphatic heterocycles. The van der Waals surface area contributed by atoms with Crippen LogP contribution in [0.15, 0.2) is 12.3 Å². The molecular weight excluding hydrogens is 190 g/mol. The van der Waals surface area contributed by atoms with Crippen molar-refractivity contribution in [2.45, 2.75) is 13.3 Å². The number of amides is 1. The van der Waals surface area contributed by atoms with Gasteiger partial charge in [-0.15, -0.1) is 11.6 Å². The Morgan fingerprint density at radius 3 is 2.85 bits per heavy atom. The number of rotatable bonds is 5. The first-order chi connectivity index (χ1) is 6.16. The van der Waals surface area contributed by atoms with Gasteiger partial charge < -0.3 is 10.6 Å². The number of amidine groups is 1. The minimum Gasteiger partial charge on any atom is -0.391 e. The summed E-state index contributed by atoms with van der Waals surface area (Å²) in [7, 11) is 0. The van der Waals surface area contributed by atoms with E-state index in [1.54, 1.807) is 6.20 Å². The van der Waals surface area contributed by atoms with E-state index in [1.165, 1.54) is 13.0 Å². The number of nitrogens with one attached hydrogen (secondary N) is 3. The lowest BCUT2D eigenvalue weighted by molar-refractivity contribution is -0.117. The number of carbonyl (C=O) groups is 1. The molecular formula is C8H14ClN3O. The monoisotopic (exact) mass is 203 g/mol. The van der Waals surface area contributed by atoms with Crippen molar-refractivity contribution in [1.29, 1.82) is 5.41 Å². The topological polar surface area (TPSA) is 65.0 Å². The fourth-order valence-corrected chi connectivity index (χ4v) is 0.759. The Kier molecular flexibility index (Phi) is 7.01. The summed E-state index contributed by atoms with van der Waals surface area (Å²) >= 11 is 5.45. The van der Waals surface area contributed by atoms with Gasteiger partial charge >= 0.3 is 0 Å². The number of halogens is 1. The quantitative estimate of drug-likeness (QED) is 0.268. The maximum atomic E-state index is 10.5. The highest BCUT2D eigenvalue weighted by atomic mass is 35.5. The van der Waals surface area contributed by atoms with Crippen molar-refractivity contribution in [3.8, 4) is 0 Å². The summed E-state index contributed by atoms with van der Waals surface area (Å²) in [4.78, 5) is 10.5. The summed E-state index contributed by atoms with van der Waals surface area (Å²) in [5.74, 6) is 0.450. The van der Waals surface area contributed by atoms with Gasteiger partial charge in [0.2, 0.25) is 5.91 Å². The maximum Gasteiger partial charge on any atom is 0.222 e. The summed E-state index contributed by atoms with van der Waals surface area (Å²) in [6.45, 7) is 2.14. The first kappa shape index (κ1) is 12.0. The molecule has 0 rings (SSSR count). The zero-order valence-corrected chi connectivity index (χ0v) is 8.32. The Labute approximate surface area is 82.9 Å². The molecule has 0 spiro atoms. The molecule has 5 heteroatoms. The fraction of sp³-hybridized carbons (Fsp3) is 0.500. The van der Waals surface area contributed by atoms with Crippen LogP contribution in [0.25, 0.3) is 0 Å². The van der Waals surface area contributed by atoms with Gasteiger partial charge in [0.1, 0.15) is 5.84 Å². The standard InChI is InChI=1S/C8H14ClN3O/c1-7(13)12-8(10)3-6-11-5-2-4-9/h3,6,11H,2,4-5H2,1H3,(H2,10,12,13)/b6-3-. The number of hydrogen-bond acceptors (Lipinski definition) is 3. The average Bonchev–Trinajstić information content (AvgIpc) is 2.02. The van der Waals surface area contributed by atoms with Gasteiger partial charge in [-0.1, -0.05) is 0 Å². The molecule has 0 radical (unpaired) electrons. The van der Waals surface area contributed by atoms with E-state index in [0.29, 0.717) is 5.88 Å². The summed E-state index contributed by atoms with van der Waals surface area (Å²) in [6.07, 6.45) is 3.97. The Hall–Kier alpha value is -1.03. The van der Waals surface area contributed by atoms with E-state index >= 15 is 0 Å². The molecule has 0 aliphatic rings. The molecule has 13 heavy (non-hydrogen) atoms. The van der Waals surface area contributed by atoms with Crippen LogP contribution in [0.2, 0.25) is 0 Å². The predicted octanol–water partition coefficient (Wildman–Crippen LogP) is 0.832. The van der Waals surface area contributed by atoms with E-state index in [4.69, 9.17) is 17.0 Å². The van der Waals surface area contributed by atoms with Gasteiger partial charge in [0.05, 0.1) is 0 Å². The van der Waals surface area contributed by atoms with Gasteiger partial charge in [0, 0.05) is 25.5 Å². The van der Waals surface area contributed by atoms with Gasteiger partial charge in [0.25, 0.3) is 0 Å². The van der Waals surface area contributed by atoms with Crippen LogP contribution >= 0.6 is 11.6 Å². The smallest absolute Gasteiger partial charge is 0.222 e. The van der Waals surface area contributed by atoms with Crippen molar-refractivity contribution < 1.29 is 4.79 Å². The molecule has 0 unspecified atom stereocenters. The second kappa shape index (κ2) is 7.61. The van der Waals surface area contributed by atoms with Gasteiger partial charge in [-0.25, -0.2) is 0 Å². The summed E-state index contributed by atoms with van der Waals surface area (Å²) < 4.78 is 0. The molecule has 0 fully saturated rings. The molecule has 0 aromatic heterocycles. The lowest BCUT2D eigenvalue weighted by atomic mass is 10.4. The van der Waals surface area contributed by atoms with E-state index in [2.05, 4.69) is 10.6 Å². The van der Waals surface area contributed by atoms with Crippen LogP contribution < -0.4 is 10.6 Å². The molecule has 3 N–H and O–H groups in total. The molecule has 0 saturated carbocycles. The number of hydrogen-bond donors (Lipinski definition) is 3. The van der Waals surface area contributed by atoms with Crippen LogP contribution in [0.4, 0.5) is 0 Å². The molecule has 1 amide bonds. The lowest BCUT2D eigenvalue weighted by Gasteiger charge is -1.99. The Morgan fingerprint density at radius 1 is 1.62 bits per heavy atom. The summed E-state index contributed by atoms with van der Waals surface area (Å²) in [6, 6.07) is 0. The molecule has 0 aromatic rings. The normalized spacial score (nSPS) is 10.0. The van der Waals surface area contributed by atoms with Crippen molar-refractivity contribution in [2.75, 3.05) is 12.4 Å². The highest BCUT2D eigenvalue weighted by Gasteiger charge is 1.91.